The molecule has 0 saturated heterocycles. The maximum absolute atomic E-state index is 14.7. The van der Waals surface area contributed by atoms with Crippen LogP contribution in [0.4, 0.5) is 5.69 Å². The Morgan fingerprint density at radius 2 is 1.45 bits per heavy atom. The van der Waals surface area contributed by atoms with Crippen molar-refractivity contribution in [3.63, 3.8) is 0 Å². The molecular formula is C36H40BrN3O6S. The maximum Gasteiger partial charge on any atom is 0.264 e. The molecule has 9 nitrogen and oxygen atoms in total. The van der Waals surface area contributed by atoms with Crippen LogP contribution >= 0.6 is 15.9 Å². The van der Waals surface area contributed by atoms with Crippen LogP contribution in [0.3, 0.4) is 0 Å². The second-order valence-electron chi connectivity index (χ2n) is 12.0. The Morgan fingerprint density at radius 1 is 0.830 bits per heavy atom. The summed E-state index contributed by atoms with van der Waals surface area (Å²) < 4.78 is 41.5. The van der Waals surface area contributed by atoms with E-state index in [-0.39, 0.29) is 35.2 Å². The fourth-order valence-electron chi connectivity index (χ4n) is 5.02. The Balaban J connectivity index is 1.87. The topological polar surface area (TPSA) is 105 Å². The standard InChI is InChI=1S/C36H40BrN3O6S/c1-36(2,3)38-35(42)32(22-26-12-8-6-9-13-26)39(24-27-16-18-28(37)19-17-27)34(41)25-40(47(43,44)30-14-10-7-11-15-30)31-23-29(45-4)20-21-33(31)46-5/h6-21,23,32H,22,24-25H2,1-5H3,(H,38,42). The van der Waals surface area contributed by atoms with Crippen LogP contribution in [-0.2, 0) is 32.6 Å². The number of carbonyl (C=O) groups is 2. The minimum atomic E-state index is -4.31. The van der Waals surface area contributed by atoms with Crippen LogP contribution in [0.5, 0.6) is 11.5 Å². The number of amides is 2. The lowest BCUT2D eigenvalue weighted by Crippen LogP contribution is -2.56. The number of halogens is 1. The second kappa shape index (κ2) is 15.5. The van der Waals surface area contributed by atoms with Gasteiger partial charge in [-0.05, 0) is 68.3 Å². The first-order valence-corrected chi connectivity index (χ1v) is 17.3. The third-order valence-corrected chi connectivity index (χ3v) is 9.60. The summed E-state index contributed by atoms with van der Waals surface area (Å²) in [7, 11) is -1.42. The van der Waals surface area contributed by atoms with Crippen molar-refractivity contribution in [3.8, 4) is 11.5 Å². The molecule has 47 heavy (non-hydrogen) atoms. The number of carbonyl (C=O) groups excluding carboxylic acids is 2. The van der Waals surface area contributed by atoms with Crippen molar-refractivity contribution in [1.29, 1.82) is 0 Å². The normalized spacial score (nSPS) is 12.1. The van der Waals surface area contributed by atoms with Crippen LogP contribution in [0.1, 0.15) is 31.9 Å². The van der Waals surface area contributed by atoms with Gasteiger partial charge in [0.15, 0.2) is 0 Å². The molecule has 2 amide bonds. The SMILES string of the molecule is COc1ccc(OC)c(N(CC(=O)N(Cc2ccc(Br)cc2)C(Cc2ccccc2)C(=O)NC(C)(C)C)S(=O)(=O)c2ccccc2)c1. The minimum absolute atomic E-state index is 0.0107. The third-order valence-electron chi connectivity index (χ3n) is 7.30. The maximum atomic E-state index is 14.7. The fraction of sp³-hybridized carbons (Fsp3) is 0.278. The number of hydrogen-bond donors (Lipinski definition) is 1. The number of nitrogens with one attached hydrogen (secondary N) is 1. The van der Waals surface area contributed by atoms with Gasteiger partial charge in [0.2, 0.25) is 11.8 Å². The van der Waals surface area contributed by atoms with Gasteiger partial charge in [-0.2, -0.15) is 0 Å². The molecule has 11 heteroatoms. The molecule has 4 aromatic carbocycles. The Kier molecular flexibility index (Phi) is 11.7. The lowest BCUT2D eigenvalue weighted by Gasteiger charge is -2.35. The van der Waals surface area contributed by atoms with Gasteiger partial charge in [0.25, 0.3) is 10.0 Å². The molecule has 0 bridgehead atoms. The van der Waals surface area contributed by atoms with Crippen LogP contribution in [0, 0.1) is 0 Å². The summed E-state index contributed by atoms with van der Waals surface area (Å²) in [5, 5.41) is 3.04. The van der Waals surface area contributed by atoms with Crippen LogP contribution < -0.4 is 19.1 Å². The number of methoxy groups -OCH3 is 2. The Bertz CT molecular complexity index is 1760. The van der Waals surface area contributed by atoms with Gasteiger partial charge < -0.3 is 19.7 Å². The van der Waals surface area contributed by atoms with Crippen molar-refractivity contribution in [2.45, 2.75) is 50.2 Å². The summed E-state index contributed by atoms with van der Waals surface area (Å²) in [6, 6.07) is 28.5. The van der Waals surface area contributed by atoms with Crippen molar-refractivity contribution in [2.75, 3.05) is 25.1 Å². The van der Waals surface area contributed by atoms with Gasteiger partial charge in [0, 0.05) is 29.0 Å². The van der Waals surface area contributed by atoms with Gasteiger partial charge in [-0.3, -0.25) is 13.9 Å². The average Bonchev–Trinajstić information content (AvgIpc) is 3.05. The van der Waals surface area contributed by atoms with Crippen molar-refractivity contribution < 1.29 is 27.5 Å². The molecule has 0 heterocycles. The predicted molar refractivity (Wildman–Crippen MR) is 187 cm³/mol. The summed E-state index contributed by atoms with van der Waals surface area (Å²) in [4.78, 5) is 30.2. The van der Waals surface area contributed by atoms with E-state index in [1.165, 1.54) is 37.3 Å². The number of hydrogen-bond acceptors (Lipinski definition) is 6. The molecule has 1 N–H and O–H groups in total. The molecule has 0 aliphatic heterocycles. The van der Waals surface area contributed by atoms with E-state index in [2.05, 4.69) is 21.2 Å². The van der Waals surface area contributed by atoms with E-state index in [0.717, 1.165) is 19.9 Å². The molecule has 4 aromatic rings. The fourth-order valence-corrected chi connectivity index (χ4v) is 6.72. The number of benzene rings is 4. The molecular weight excluding hydrogens is 682 g/mol. The average molecular weight is 723 g/mol. The highest BCUT2D eigenvalue weighted by molar-refractivity contribution is 9.10. The van der Waals surface area contributed by atoms with Gasteiger partial charge in [-0.1, -0.05) is 76.6 Å². The summed E-state index contributed by atoms with van der Waals surface area (Å²) in [5.41, 5.74) is 1.14. The van der Waals surface area contributed by atoms with Gasteiger partial charge in [0.05, 0.1) is 24.8 Å². The summed E-state index contributed by atoms with van der Waals surface area (Å²) >= 11 is 3.46. The molecule has 248 valence electrons. The molecule has 0 aliphatic carbocycles. The first-order valence-electron chi connectivity index (χ1n) is 15.0. The van der Waals surface area contributed by atoms with E-state index in [4.69, 9.17) is 9.47 Å². The number of anilines is 1. The smallest absolute Gasteiger partial charge is 0.264 e. The number of sulfonamides is 1. The van der Waals surface area contributed by atoms with Crippen LogP contribution in [-0.4, -0.2) is 57.5 Å². The van der Waals surface area contributed by atoms with Crippen molar-refractivity contribution >= 4 is 43.5 Å². The zero-order chi connectivity index (χ0) is 34.2. The molecule has 4 rings (SSSR count). The van der Waals surface area contributed by atoms with Gasteiger partial charge >= 0.3 is 0 Å². The van der Waals surface area contributed by atoms with Crippen LogP contribution in [0.2, 0.25) is 0 Å². The highest BCUT2D eigenvalue weighted by Crippen LogP contribution is 2.36. The van der Waals surface area contributed by atoms with E-state index >= 15 is 0 Å². The van der Waals surface area contributed by atoms with Gasteiger partial charge in [0.1, 0.15) is 24.1 Å². The summed E-state index contributed by atoms with van der Waals surface area (Å²) in [5.74, 6) is -0.339. The highest BCUT2D eigenvalue weighted by Gasteiger charge is 2.36. The van der Waals surface area contributed by atoms with E-state index < -0.39 is 34.1 Å². The minimum Gasteiger partial charge on any atom is -0.497 e. The van der Waals surface area contributed by atoms with Crippen LogP contribution in [0.25, 0.3) is 0 Å². The van der Waals surface area contributed by atoms with E-state index in [9.17, 15) is 18.0 Å². The second-order valence-corrected chi connectivity index (χ2v) is 14.7. The number of ether oxygens (including phenoxy) is 2. The third kappa shape index (κ3) is 9.36. The molecule has 0 radical (unpaired) electrons. The van der Waals surface area contributed by atoms with Gasteiger partial charge in [-0.25, -0.2) is 8.42 Å². The van der Waals surface area contributed by atoms with Crippen molar-refractivity contribution in [3.05, 3.63) is 119 Å². The lowest BCUT2D eigenvalue weighted by atomic mass is 10.0. The van der Waals surface area contributed by atoms with E-state index in [0.29, 0.717) is 5.75 Å². The zero-order valence-corrected chi connectivity index (χ0v) is 29.5. The van der Waals surface area contributed by atoms with E-state index in [1.54, 1.807) is 30.3 Å². The Morgan fingerprint density at radius 3 is 2.02 bits per heavy atom. The van der Waals surface area contributed by atoms with Crippen molar-refractivity contribution in [2.24, 2.45) is 0 Å². The molecule has 1 unspecified atom stereocenters. The first-order chi connectivity index (χ1) is 22.3. The lowest BCUT2D eigenvalue weighted by molar-refractivity contribution is -0.140. The summed E-state index contributed by atoms with van der Waals surface area (Å²) in [6.07, 6.45) is 0.207. The molecule has 0 saturated carbocycles. The number of nitrogens with zero attached hydrogens (tertiary/aromatic N) is 2. The predicted octanol–water partition coefficient (Wildman–Crippen LogP) is 6.22. The van der Waals surface area contributed by atoms with Crippen LogP contribution in [0.15, 0.2) is 112 Å². The van der Waals surface area contributed by atoms with E-state index in [1.807, 2.05) is 75.4 Å². The first kappa shape index (κ1) is 35.5. The highest BCUT2D eigenvalue weighted by atomic mass is 79.9. The molecule has 0 aliphatic rings. The van der Waals surface area contributed by atoms with Gasteiger partial charge in [-0.15, -0.1) is 0 Å². The number of rotatable bonds is 13. The largest absolute Gasteiger partial charge is 0.497 e. The molecule has 0 spiro atoms. The zero-order valence-electron chi connectivity index (χ0n) is 27.1. The molecule has 0 fully saturated rings. The summed E-state index contributed by atoms with van der Waals surface area (Å²) in [6.45, 7) is 5.04. The molecule has 0 aromatic heterocycles. The molecule has 1 atom stereocenters. The monoisotopic (exact) mass is 721 g/mol. The quantitative estimate of drug-likeness (QED) is 0.176. The Labute approximate surface area is 285 Å². The Hall–Kier alpha value is -4.35. The van der Waals surface area contributed by atoms with Crippen molar-refractivity contribution in [1.82, 2.24) is 10.2 Å².